The topological polar surface area (TPSA) is 59.6 Å². The molecule has 0 radical (unpaired) electrons. The molecule has 0 aliphatic rings. The number of nitrogens with one attached hydrogen (secondary N) is 2. The molecule has 0 saturated carbocycles. The highest BCUT2D eigenvalue weighted by atomic mass is 16.6. The standard InChI is InChI=1S/C17H20N2O3/c1-3-21-17-11-14(9-10-16(17)22-13(2)20)12-18-19-15-7-5-4-6-8-15/h4-11,18-19H,3,12H2,1-2H3. The number of ether oxygens (including phenoxy) is 2. The van der Waals surface area contributed by atoms with Gasteiger partial charge >= 0.3 is 5.97 Å². The first-order valence-corrected chi connectivity index (χ1v) is 7.17. The van der Waals surface area contributed by atoms with Crippen molar-refractivity contribution in [1.82, 2.24) is 5.43 Å². The molecular formula is C17H20N2O3. The summed E-state index contributed by atoms with van der Waals surface area (Å²) >= 11 is 0. The summed E-state index contributed by atoms with van der Waals surface area (Å²) in [6.07, 6.45) is 0. The summed E-state index contributed by atoms with van der Waals surface area (Å²) < 4.78 is 10.6. The lowest BCUT2D eigenvalue weighted by atomic mass is 10.2. The average Bonchev–Trinajstić information content (AvgIpc) is 2.51. The molecule has 0 heterocycles. The minimum absolute atomic E-state index is 0.363. The van der Waals surface area contributed by atoms with Crippen LogP contribution in [0.5, 0.6) is 11.5 Å². The second-order valence-corrected chi connectivity index (χ2v) is 4.65. The largest absolute Gasteiger partial charge is 0.490 e. The lowest BCUT2D eigenvalue weighted by molar-refractivity contribution is -0.132. The highest BCUT2D eigenvalue weighted by Gasteiger charge is 2.08. The van der Waals surface area contributed by atoms with Crippen molar-refractivity contribution in [2.45, 2.75) is 20.4 Å². The minimum Gasteiger partial charge on any atom is -0.490 e. The number of carbonyl (C=O) groups is 1. The van der Waals surface area contributed by atoms with Crippen LogP contribution in [0.2, 0.25) is 0 Å². The van der Waals surface area contributed by atoms with Crippen molar-refractivity contribution in [3.05, 3.63) is 54.1 Å². The van der Waals surface area contributed by atoms with E-state index in [1.807, 2.05) is 49.4 Å². The zero-order chi connectivity index (χ0) is 15.8. The lowest BCUT2D eigenvalue weighted by Gasteiger charge is -2.12. The monoisotopic (exact) mass is 300 g/mol. The molecule has 0 atom stereocenters. The van der Waals surface area contributed by atoms with Crippen molar-refractivity contribution in [2.24, 2.45) is 0 Å². The van der Waals surface area contributed by atoms with Crippen LogP contribution in [0.15, 0.2) is 48.5 Å². The van der Waals surface area contributed by atoms with Crippen LogP contribution in [0, 0.1) is 0 Å². The van der Waals surface area contributed by atoms with Gasteiger partial charge < -0.3 is 14.9 Å². The van der Waals surface area contributed by atoms with Gasteiger partial charge in [-0.2, -0.15) is 0 Å². The van der Waals surface area contributed by atoms with Crippen LogP contribution in [0.3, 0.4) is 0 Å². The van der Waals surface area contributed by atoms with Crippen molar-refractivity contribution in [2.75, 3.05) is 12.0 Å². The maximum atomic E-state index is 11.1. The van der Waals surface area contributed by atoms with Crippen molar-refractivity contribution >= 4 is 11.7 Å². The number of esters is 1. The molecule has 0 spiro atoms. The third-order valence-corrected chi connectivity index (χ3v) is 2.86. The van der Waals surface area contributed by atoms with E-state index in [2.05, 4.69) is 10.9 Å². The molecule has 0 saturated heterocycles. The molecule has 0 amide bonds. The summed E-state index contributed by atoms with van der Waals surface area (Å²) in [5, 5.41) is 0. The summed E-state index contributed by atoms with van der Waals surface area (Å²) in [6, 6.07) is 15.3. The minimum atomic E-state index is -0.363. The van der Waals surface area contributed by atoms with Crippen molar-refractivity contribution in [3.8, 4) is 11.5 Å². The molecule has 0 aliphatic heterocycles. The third-order valence-electron chi connectivity index (χ3n) is 2.86. The van der Waals surface area contributed by atoms with Gasteiger partial charge in [0, 0.05) is 19.2 Å². The van der Waals surface area contributed by atoms with Gasteiger partial charge in [-0.05, 0) is 36.8 Å². The Hall–Kier alpha value is -2.53. The number of rotatable bonds is 7. The summed E-state index contributed by atoms with van der Waals surface area (Å²) in [5.41, 5.74) is 8.26. The molecule has 0 fully saturated rings. The molecular weight excluding hydrogens is 280 g/mol. The van der Waals surface area contributed by atoms with Gasteiger partial charge in [0.15, 0.2) is 11.5 Å². The predicted molar refractivity (Wildman–Crippen MR) is 85.8 cm³/mol. The molecule has 2 rings (SSSR count). The normalized spacial score (nSPS) is 10.1. The first-order chi connectivity index (χ1) is 10.7. The van der Waals surface area contributed by atoms with Gasteiger partial charge in [-0.3, -0.25) is 4.79 Å². The number of carbonyl (C=O) groups excluding carboxylic acids is 1. The second-order valence-electron chi connectivity index (χ2n) is 4.65. The molecule has 0 bridgehead atoms. The van der Waals surface area contributed by atoms with E-state index >= 15 is 0 Å². The molecule has 5 heteroatoms. The summed E-state index contributed by atoms with van der Waals surface area (Å²) in [6.45, 7) is 4.37. The Morgan fingerprint density at radius 2 is 1.86 bits per heavy atom. The van der Waals surface area contributed by atoms with E-state index in [4.69, 9.17) is 9.47 Å². The summed E-state index contributed by atoms with van der Waals surface area (Å²) in [4.78, 5) is 11.1. The van der Waals surface area contributed by atoms with Crippen molar-refractivity contribution in [1.29, 1.82) is 0 Å². The molecule has 0 aliphatic carbocycles. The van der Waals surface area contributed by atoms with E-state index in [1.54, 1.807) is 6.07 Å². The number of anilines is 1. The SMILES string of the molecule is CCOc1cc(CNNc2ccccc2)ccc1OC(C)=O. The Morgan fingerprint density at radius 3 is 2.55 bits per heavy atom. The average molecular weight is 300 g/mol. The molecule has 2 aromatic rings. The number of hydrogen-bond donors (Lipinski definition) is 2. The van der Waals surface area contributed by atoms with Gasteiger partial charge in [-0.25, -0.2) is 5.43 Å². The first kappa shape index (κ1) is 15.9. The van der Waals surface area contributed by atoms with E-state index in [1.165, 1.54) is 6.92 Å². The quantitative estimate of drug-likeness (QED) is 0.467. The summed E-state index contributed by atoms with van der Waals surface area (Å²) in [5.74, 6) is 0.642. The molecule has 5 nitrogen and oxygen atoms in total. The molecule has 0 aromatic heterocycles. The maximum Gasteiger partial charge on any atom is 0.308 e. The Bertz CT molecular complexity index is 615. The fourth-order valence-corrected chi connectivity index (χ4v) is 1.94. The van der Waals surface area contributed by atoms with E-state index in [0.29, 0.717) is 24.7 Å². The van der Waals surface area contributed by atoms with Crippen molar-refractivity contribution in [3.63, 3.8) is 0 Å². The van der Waals surface area contributed by atoms with Crippen LogP contribution in [0.4, 0.5) is 5.69 Å². The van der Waals surface area contributed by atoms with E-state index < -0.39 is 0 Å². The Morgan fingerprint density at radius 1 is 1.09 bits per heavy atom. The van der Waals surface area contributed by atoms with Gasteiger partial charge in [0.05, 0.1) is 6.61 Å². The first-order valence-electron chi connectivity index (χ1n) is 7.17. The van der Waals surface area contributed by atoms with E-state index in [0.717, 1.165) is 11.3 Å². The predicted octanol–water partition coefficient (Wildman–Crippen LogP) is 3.13. The smallest absolute Gasteiger partial charge is 0.308 e. The van der Waals surface area contributed by atoms with E-state index in [-0.39, 0.29) is 5.97 Å². The highest BCUT2D eigenvalue weighted by Crippen LogP contribution is 2.28. The van der Waals surface area contributed by atoms with Crippen LogP contribution in [-0.4, -0.2) is 12.6 Å². The molecule has 2 aromatic carbocycles. The van der Waals surface area contributed by atoms with Crippen LogP contribution in [-0.2, 0) is 11.3 Å². The highest BCUT2D eigenvalue weighted by molar-refractivity contribution is 5.70. The maximum absolute atomic E-state index is 11.1. The van der Waals surface area contributed by atoms with Gasteiger partial charge in [-0.15, -0.1) is 0 Å². The van der Waals surface area contributed by atoms with Gasteiger partial charge in [0.25, 0.3) is 0 Å². The number of hydrogen-bond acceptors (Lipinski definition) is 5. The number of benzene rings is 2. The number of hydrazine groups is 1. The summed E-state index contributed by atoms with van der Waals surface area (Å²) in [7, 11) is 0. The third kappa shape index (κ3) is 4.79. The second kappa shape index (κ2) is 8.05. The van der Waals surface area contributed by atoms with Gasteiger partial charge in [0.1, 0.15) is 0 Å². The zero-order valence-corrected chi connectivity index (χ0v) is 12.8. The molecule has 22 heavy (non-hydrogen) atoms. The van der Waals surface area contributed by atoms with Crippen LogP contribution in [0.25, 0.3) is 0 Å². The Labute approximate surface area is 130 Å². The zero-order valence-electron chi connectivity index (χ0n) is 12.8. The fourth-order valence-electron chi connectivity index (χ4n) is 1.94. The van der Waals surface area contributed by atoms with Crippen LogP contribution in [0.1, 0.15) is 19.4 Å². The molecule has 116 valence electrons. The molecule has 2 N–H and O–H groups in total. The van der Waals surface area contributed by atoms with E-state index in [9.17, 15) is 4.79 Å². The lowest BCUT2D eigenvalue weighted by Crippen LogP contribution is -2.20. The fraction of sp³-hybridized carbons (Fsp3) is 0.235. The Balaban J connectivity index is 1.98. The van der Waals surface area contributed by atoms with Crippen molar-refractivity contribution < 1.29 is 14.3 Å². The van der Waals surface area contributed by atoms with Crippen LogP contribution < -0.4 is 20.3 Å². The van der Waals surface area contributed by atoms with Crippen LogP contribution >= 0.6 is 0 Å². The van der Waals surface area contributed by atoms with Gasteiger partial charge in [-0.1, -0.05) is 24.3 Å². The number of para-hydroxylation sites is 1. The molecule has 0 unspecified atom stereocenters. The van der Waals surface area contributed by atoms with Gasteiger partial charge in [0.2, 0.25) is 0 Å². The Kier molecular flexibility index (Phi) is 5.80.